The van der Waals surface area contributed by atoms with Crippen LogP contribution in [0.1, 0.15) is 0 Å². The fourth-order valence-electron chi connectivity index (χ4n) is 1.68. The second-order valence-corrected chi connectivity index (χ2v) is 4.15. The van der Waals surface area contributed by atoms with Gasteiger partial charge in [-0.25, -0.2) is 9.50 Å². The molecule has 84 valence electrons. The van der Waals surface area contributed by atoms with Crippen LogP contribution in [0.3, 0.4) is 0 Å². The molecule has 0 aliphatic carbocycles. The van der Waals surface area contributed by atoms with Gasteiger partial charge in [0.1, 0.15) is 0 Å². The van der Waals surface area contributed by atoms with Gasteiger partial charge in [-0.15, -0.1) is 0 Å². The van der Waals surface area contributed by atoms with Crippen LogP contribution in [0.5, 0.6) is 0 Å². The van der Waals surface area contributed by atoms with Crippen molar-refractivity contribution < 1.29 is 0 Å². The van der Waals surface area contributed by atoms with E-state index in [1.807, 2.05) is 30.5 Å². The number of aromatic nitrogens is 3. The average Bonchev–Trinajstić information content (AvgIpc) is 2.72. The van der Waals surface area contributed by atoms with Gasteiger partial charge < -0.3 is 5.73 Å². The van der Waals surface area contributed by atoms with E-state index in [9.17, 15) is 0 Å². The van der Waals surface area contributed by atoms with Gasteiger partial charge in [0.25, 0.3) is 0 Å². The molecule has 0 fully saturated rings. The lowest BCUT2D eigenvalue weighted by atomic mass is 10.1. The molecule has 0 aliphatic rings. The standard InChI is InChI=1S/C12H9ClN4/c13-10-3-1-8(2-4-10)9-5-15-12-11(14)6-16-17(12)7-9/h1-7H,14H2. The lowest BCUT2D eigenvalue weighted by Crippen LogP contribution is -1.92. The third-order valence-electron chi connectivity index (χ3n) is 2.56. The molecule has 17 heavy (non-hydrogen) atoms. The normalized spacial score (nSPS) is 10.9. The highest BCUT2D eigenvalue weighted by atomic mass is 35.5. The number of nitrogen functional groups attached to an aromatic ring is 1. The van der Waals surface area contributed by atoms with Crippen LogP contribution in [0.15, 0.2) is 42.9 Å². The van der Waals surface area contributed by atoms with Crippen molar-refractivity contribution in [1.82, 2.24) is 14.6 Å². The Hall–Kier alpha value is -2.07. The van der Waals surface area contributed by atoms with Crippen LogP contribution in [0.25, 0.3) is 16.8 Å². The predicted molar refractivity (Wildman–Crippen MR) is 67.8 cm³/mol. The number of nitrogens with zero attached hydrogens (tertiary/aromatic N) is 3. The summed E-state index contributed by atoms with van der Waals surface area (Å²) in [5, 5.41) is 4.84. The molecule has 3 rings (SSSR count). The average molecular weight is 245 g/mol. The Morgan fingerprint density at radius 3 is 2.59 bits per heavy atom. The number of hydrogen-bond donors (Lipinski definition) is 1. The van der Waals surface area contributed by atoms with E-state index < -0.39 is 0 Å². The molecule has 0 spiro atoms. The fourth-order valence-corrected chi connectivity index (χ4v) is 1.81. The van der Waals surface area contributed by atoms with Gasteiger partial charge in [0, 0.05) is 23.0 Å². The van der Waals surface area contributed by atoms with Gasteiger partial charge in [-0.1, -0.05) is 23.7 Å². The van der Waals surface area contributed by atoms with Gasteiger partial charge in [-0.2, -0.15) is 5.10 Å². The molecular weight excluding hydrogens is 236 g/mol. The van der Waals surface area contributed by atoms with Crippen molar-refractivity contribution in [3.8, 4) is 11.1 Å². The summed E-state index contributed by atoms with van der Waals surface area (Å²) in [5.74, 6) is 0. The van der Waals surface area contributed by atoms with E-state index in [2.05, 4.69) is 10.1 Å². The van der Waals surface area contributed by atoms with E-state index in [-0.39, 0.29) is 0 Å². The largest absolute Gasteiger partial charge is 0.394 e. The molecule has 0 aliphatic heterocycles. The van der Waals surface area contributed by atoms with Crippen LogP contribution in [0, 0.1) is 0 Å². The van der Waals surface area contributed by atoms with Crippen molar-refractivity contribution in [3.05, 3.63) is 47.9 Å². The SMILES string of the molecule is Nc1cnn2cc(-c3ccc(Cl)cc3)cnc12. The molecule has 0 radical (unpaired) electrons. The van der Waals surface area contributed by atoms with Crippen molar-refractivity contribution in [2.75, 3.05) is 5.73 Å². The molecule has 4 nitrogen and oxygen atoms in total. The lowest BCUT2D eigenvalue weighted by molar-refractivity contribution is 0.941. The van der Waals surface area contributed by atoms with Crippen molar-refractivity contribution in [2.45, 2.75) is 0 Å². The molecular formula is C12H9ClN4. The molecule has 0 saturated carbocycles. The monoisotopic (exact) mass is 244 g/mol. The van der Waals surface area contributed by atoms with E-state index in [0.29, 0.717) is 16.4 Å². The number of benzene rings is 1. The predicted octanol–water partition coefficient (Wildman–Crippen LogP) is 2.63. The molecule has 2 N–H and O–H groups in total. The van der Waals surface area contributed by atoms with Crippen molar-refractivity contribution in [3.63, 3.8) is 0 Å². The number of rotatable bonds is 1. The first kappa shape index (κ1) is 10.1. The van der Waals surface area contributed by atoms with E-state index in [1.54, 1.807) is 16.9 Å². The summed E-state index contributed by atoms with van der Waals surface area (Å²) >= 11 is 5.85. The van der Waals surface area contributed by atoms with Gasteiger partial charge in [0.15, 0.2) is 5.65 Å². The number of fused-ring (bicyclic) bond motifs is 1. The molecule has 2 aromatic heterocycles. The van der Waals surface area contributed by atoms with Crippen LogP contribution >= 0.6 is 11.6 Å². The summed E-state index contributed by atoms with van der Waals surface area (Å²) in [4.78, 5) is 4.28. The Bertz CT molecular complexity index is 673. The molecule has 3 aromatic rings. The number of anilines is 1. The van der Waals surface area contributed by atoms with Crippen molar-refractivity contribution in [1.29, 1.82) is 0 Å². The van der Waals surface area contributed by atoms with Gasteiger partial charge in [0.2, 0.25) is 0 Å². The zero-order chi connectivity index (χ0) is 11.8. The minimum Gasteiger partial charge on any atom is -0.394 e. The highest BCUT2D eigenvalue weighted by molar-refractivity contribution is 6.30. The third-order valence-corrected chi connectivity index (χ3v) is 2.81. The summed E-state index contributed by atoms with van der Waals surface area (Å²) in [7, 11) is 0. The minimum atomic E-state index is 0.577. The first-order chi connectivity index (χ1) is 8.24. The second-order valence-electron chi connectivity index (χ2n) is 3.72. The highest BCUT2D eigenvalue weighted by Gasteiger charge is 2.04. The van der Waals surface area contributed by atoms with E-state index in [4.69, 9.17) is 17.3 Å². The van der Waals surface area contributed by atoms with E-state index in [1.165, 1.54) is 0 Å². The van der Waals surface area contributed by atoms with Crippen LogP contribution in [0.2, 0.25) is 5.02 Å². The Morgan fingerprint density at radius 1 is 1.06 bits per heavy atom. The first-order valence-corrected chi connectivity index (χ1v) is 5.46. The van der Waals surface area contributed by atoms with Gasteiger partial charge in [-0.05, 0) is 17.7 Å². The maximum absolute atomic E-state index is 5.85. The summed E-state index contributed by atoms with van der Waals surface area (Å²) in [6, 6.07) is 7.58. The highest BCUT2D eigenvalue weighted by Crippen LogP contribution is 2.21. The van der Waals surface area contributed by atoms with Gasteiger partial charge in [-0.3, -0.25) is 0 Å². The molecule has 1 aromatic carbocycles. The Labute approximate surface area is 103 Å². The Kier molecular flexibility index (Phi) is 2.23. The fraction of sp³-hybridized carbons (Fsp3) is 0. The smallest absolute Gasteiger partial charge is 0.178 e. The molecule has 0 unspecified atom stereocenters. The topological polar surface area (TPSA) is 56.2 Å². The summed E-state index contributed by atoms with van der Waals surface area (Å²) in [5.41, 5.74) is 8.98. The molecule has 0 atom stereocenters. The Balaban J connectivity index is 2.14. The van der Waals surface area contributed by atoms with E-state index in [0.717, 1.165) is 11.1 Å². The first-order valence-electron chi connectivity index (χ1n) is 5.09. The number of halogens is 1. The molecule has 0 saturated heterocycles. The zero-order valence-corrected chi connectivity index (χ0v) is 9.59. The summed E-state index contributed by atoms with van der Waals surface area (Å²) < 4.78 is 1.67. The maximum atomic E-state index is 5.85. The molecule has 5 heteroatoms. The molecule has 0 amide bonds. The number of hydrogen-bond acceptors (Lipinski definition) is 3. The zero-order valence-electron chi connectivity index (χ0n) is 8.84. The summed E-state index contributed by atoms with van der Waals surface area (Å²) in [6.45, 7) is 0. The lowest BCUT2D eigenvalue weighted by Gasteiger charge is -2.02. The maximum Gasteiger partial charge on any atom is 0.178 e. The molecule has 0 bridgehead atoms. The van der Waals surface area contributed by atoms with Gasteiger partial charge in [0.05, 0.1) is 11.9 Å². The van der Waals surface area contributed by atoms with Crippen molar-refractivity contribution >= 4 is 22.9 Å². The number of nitrogens with two attached hydrogens (primary N) is 1. The van der Waals surface area contributed by atoms with Crippen LogP contribution in [0.4, 0.5) is 5.69 Å². The van der Waals surface area contributed by atoms with Crippen LogP contribution in [-0.2, 0) is 0 Å². The van der Waals surface area contributed by atoms with Gasteiger partial charge >= 0.3 is 0 Å². The third kappa shape index (κ3) is 1.72. The quantitative estimate of drug-likeness (QED) is 0.716. The molecule has 2 heterocycles. The van der Waals surface area contributed by atoms with E-state index >= 15 is 0 Å². The van der Waals surface area contributed by atoms with Crippen LogP contribution < -0.4 is 5.73 Å². The second kappa shape index (κ2) is 3.75. The summed E-state index contributed by atoms with van der Waals surface area (Å²) in [6.07, 6.45) is 5.26. The minimum absolute atomic E-state index is 0.577. The van der Waals surface area contributed by atoms with Crippen molar-refractivity contribution in [2.24, 2.45) is 0 Å². The van der Waals surface area contributed by atoms with Crippen LogP contribution in [-0.4, -0.2) is 14.6 Å². The Morgan fingerprint density at radius 2 is 1.82 bits per heavy atom.